The van der Waals surface area contributed by atoms with Crippen LogP contribution in [0.25, 0.3) is 27.5 Å². The van der Waals surface area contributed by atoms with Crippen molar-refractivity contribution in [2.75, 3.05) is 11.4 Å². The summed E-state index contributed by atoms with van der Waals surface area (Å²) in [5.74, 6) is 0. The van der Waals surface area contributed by atoms with E-state index < -0.39 is 0 Å². The minimum absolute atomic E-state index is 0.850. The van der Waals surface area contributed by atoms with Crippen molar-refractivity contribution in [2.24, 2.45) is 0 Å². The first-order chi connectivity index (χ1) is 15.2. The van der Waals surface area contributed by atoms with Gasteiger partial charge in [0.1, 0.15) is 11.2 Å². The molecule has 0 N–H and O–H groups in total. The van der Waals surface area contributed by atoms with E-state index in [1.807, 2.05) is 32.1 Å². The van der Waals surface area contributed by atoms with E-state index in [4.69, 9.17) is 4.42 Å². The highest BCUT2D eigenvalue weighted by Gasteiger charge is 2.26. The lowest BCUT2D eigenvalue weighted by Crippen LogP contribution is -2.12. The topological polar surface area (TPSA) is 16.4 Å². The summed E-state index contributed by atoms with van der Waals surface area (Å²) >= 11 is 0. The molecule has 2 heteroatoms. The predicted molar refractivity (Wildman–Crippen MR) is 135 cm³/mol. The Morgan fingerprint density at radius 1 is 0.968 bits per heavy atom. The molecule has 0 saturated carbocycles. The molecule has 0 bridgehead atoms. The molecule has 0 saturated heterocycles. The number of rotatable bonds is 4. The summed E-state index contributed by atoms with van der Waals surface area (Å²) in [7, 11) is 0. The van der Waals surface area contributed by atoms with Gasteiger partial charge in [0.2, 0.25) is 0 Å². The maximum Gasteiger partial charge on any atom is 0.136 e. The third kappa shape index (κ3) is 3.94. The van der Waals surface area contributed by atoms with E-state index in [2.05, 4.69) is 85.2 Å². The molecular weight excluding hydrogens is 378 g/mol. The Morgan fingerprint density at radius 3 is 2.48 bits per heavy atom. The van der Waals surface area contributed by atoms with E-state index >= 15 is 0 Å². The number of benzene rings is 3. The first kappa shape index (κ1) is 20.7. The van der Waals surface area contributed by atoms with Crippen molar-refractivity contribution < 1.29 is 4.42 Å². The molecule has 0 aliphatic carbocycles. The van der Waals surface area contributed by atoms with E-state index in [0.29, 0.717) is 0 Å². The van der Waals surface area contributed by atoms with Crippen LogP contribution in [0.5, 0.6) is 0 Å². The second kappa shape index (κ2) is 9.09. The molecule has 0 spiro atoms. The van der Waals surface area contributed by atoms with Gasteiger partial charge >= 0.3 is 0 Å². The Hall–Kier alpha value is -3.52. The maximum atomic E-state index is 6.16. The number of para-hydroxylation sites is 2. The number of fused-ring (bicyclic) bond motifs is 4. The van der Waals surface area contributed by atoms with Crippen LogP contribution in [-0.4, -0.2) is 6.54 Å². The van der Waals surface area contributed by atoms with Crippen molar-refractivity contribution in [3.63, 3.8) is 0 Å². The molecule has 3 aromatic carbocycles. The lowest BCUT2D eigenvalue weighted by Gasteiger charge is -2.19. The molecule has 2 heterocycles. The zero-order valence-electron chi connectivity index (χ0n) is 18.6. The number of nitrogens with zero attached hydrogens (tertiary/aromatic N) is 1. The minimum atomic E-state index is 0.850. The van der Waals surface area contributed by atoms with Gasteiger partial charge in [0.25, 0.3) is 0 Å². The normalized spacial score (nSPS) is 14.6. The molecule has 2 nitrogen and oxygen atoms in total. The van der Waals surface area contributed by atoms with Crippen LogP contribution >= 0.6 is 0 Å². The van der Waals surface area contributed by atoms with Crippen LogP contribution in [0.3, 0.4) is 0 Å². The summed E-state index contributed by atoms with van der Waals surface area (Å²) in [6.07, 6.45) is 7.32. The Morgan fingerprint density at radius 2 is 1.71 bits per heavy atom. The molecule has 31 heavy (non-hydrogen) atoms. The molecule has 0 fully saturated rings. The largest absolute Gasteiger partial charge is 0.456 e. The molecule has 1 aliphatic heterocycles. The van der Waals surface area contributed by atoms with Crippen LogP contribution in [-0.2, 0) is 0 Å². The second-order valence-corrected chi connectivity index (χ2v) is 7.53. The smallest absolute Gasteiger partial charge is 0.136 e. The molecule has 0 amide bonds. The van der Waals surface area contributed by atoms with Crippen molar-refractivity contribution >= 4 is 38.9 Å². The zero-order valence-corrected chi connectivity index (χ0v) is 18.6. The summed E-state index contributed by atoms with van der Waals surface area (Å²) < 4.78 is 6.16. The van der Waals surface area contributed by atoms with Crippen molar-refractivity contribution in [1.29, 1.82) is 0 Å². The van der Waals surface area contributed by atoms with Crippen LogP contribution in [0.15, 0.2) is 102 Å². The summed E-state index contributed by atoms with van der Waals surface area (Å²) in [5, 5.41) is 2.33. The molecule has 0 atom stereocenters. The second-order valence-electron chi connectivity index (χ2n) is 7.53. The third-order valence-electron chi connectivity index (χ3n) is 5.54. The van der Waals surface area contributed by atoms with E-state index in [1.165, 1.54) is 33.5 Å². The standard InChI is InChI=1S/C27H23NO.C2H6/c1-3-4-10-19(2)15-20-18-28(21-11-6-5-7-12-21)25-16-24-22-13-8-9-14-26(22)29-27(24)17-23(20)25;1-2/h3,5-17H,1,4,18H2,2H3;1-2H3/b19-10-,20-15+;. The number of anilines is 2. The number of hydrogen-bond acceptors (Lipinski definition) is 2. The molecule has 0 unspecified atom stereocenters. The van der Waals surface area contributed by atoms with Crippen LogP contribution < -0.4 is 4.90 Å². The van der Waals surface area contributed by atoms with Gasteiger partial charge in [-0.05, 0) is 49.2 Å². The molecule has 5 rings (SSSR count). The van der Waals surface area contributed by atoms with Gasteiger partial charge in [0.05, 0.1) is 0 Å². The Bertz CT molecular complexity index is 1270. The highest BCUT2D eigenvalue weighted by Crippen LogP contribution is 2.44. The van der Waals surface area contributed by atoms with Crippen molar-refractivity contribution in [2.45, 2.75) is 27.2 Å². The Labute approximate surface area is 184 Å². The minimum Gasteiger partial charge on any atom is -0.456 e. The van der Waals surface area contributed by atoms with Gasteiger partial charge in [0.15, 0.2) is 0 Å². The fraction of sp³-hybridized carbons (Fsp3) is 0.172. The van der Waals surface area contributed by atoms with E-state index in [9.17, 15) is 0 Å². The quantitative estimate of drug-likeness (QED) is 0.315. The van der Waals surface area contributed by atoms with Crippen LogP contribution in [0.1, 0.15) is 32.8 Å². The van der Waals surface area contributed by atoms with Gasteiger partial charge in [-0.25, -0.2) is 0 Å². The van der Waals surface area contributed by atoms with Crippen molar-refractivity contribution in [1.82, 2.24) is 0 Å². The Kier molecular flexibility index (Phi) is 6.08. The summed E-state index contributed by atoms with van der Waals surface area (Å²) in [5.41, 5.74) is 8.12. The van der Waals surface area contributed by atoms with Gasteiger partial charge in [-0.15, -0.1) is 6.58 Å². The zero-order chi connectivity index (χ0) is 21.8. The lowest BCUT2D eigenvalue weighted by molar-refractivity contribution is 0.669. The van der Waals surface area contributed by atoms with Gasteiger partial charge in [0, 0.05) is 34.3 Å². The van der Waals surface area contributed by atoms with Gasteiger partial charge in [-0.1, -0.05) is 74.0 Å². The van der Waals surface area contributed by atoms with Gasteiger partial charge in [-0.3, -0.25) is 0 Å². The average molecular weight is 408 g/mol. The monoisotopic (exact) mass is 407 g/mol. The SMILES string of the molecule is C=CC/C=C(C)\C=C1/CN(c2ccccc2)c2cc3c(cc21)oc1ccccc13.CC. The summed E-state index contributed by atoms with van der Waals surface area (Å²) in [6.45, 7) is 10.8. The fourth-order valence-corrected chi connectivity index (χ4v) is 4.15. The highest BCUT2D eigenvalue weighted by molar-refractivity contribution is 6.09. The number of allylic oxidation sites excluding steroid dienone is 4. The third-order valence-corrected chi connectivity index (χ3v) is 5.54. The maximum absolute atomic E-state index is 6.16. The predicted octanol–water partition coefficient (Wildman–Crippen LogP) is 8.67. The van der Waals surface area contributed by atoms with E-state index in [0.717, 1.165) is 29.5 Å². The molecule has 156 valence electrons. The molecule has 4 aromatic rings. The summed E-state index contributed by atoms with van der Waals surface area (Å²) in [4.78, 5) is 2.39. The lowest BCUT2D eigenvalue weighted by atomic mass is 10.0. The van der Waals surface area contributed by atoms with Crippen molar-refractivity contribution in [3.8, 4) is 0 Å². The molecule has 1 aromatic heterocycles. The van der Waals surface area contributed by atoms with Gasteiger partial charge in [-0.2, -0.15) is 0 Å². The first-order valence-corrected chi connectivity index (χ1v) is 11.0. The Balaban J connectivity index is 0.00000112. The fourth-order valence-electron chi connectivity index (χ4n) is 4.15. The number of hydrogen-bond donors (Lipinski definition) is 0. The van der Waals surface area contributed by atoms with Crippen LogP contribution in [0.4, 0.5) is 11.4 Å². The first-order valence-electron chi connectivity index (χ1n) is 11.0. The van der Waals surface area contributed by atoms with E-state index in [-0.39, 0.29) is 0 Å². The highest BCUT2D eigenvalue weighted by atomic mass is 16.3. The van der Waals surface area contributed by atoms with E-state index in [1.54, 1.807) is 0 Å². The summed E-state index contributed by atoms with van der Waals surface area (Å²) in [6, 6.07) is 23.3. The molecule has 0 radical (unpaired) electrons. The molecule has 1 aliphatic rings. The number of furan rings is 1. The van der Waals surface area contributed by atoms with Crippen LogP contribution in [0.2, 0.25) is 0 Å². The van der Waals surface area contributed by atoms with Crippen molar-refractivity contribution in [3.05, 3.63) is 103 Å². The van der Waals surface area contributed by atoms with Crippen LogP contribution in [0, 0.1) is 0 Å². The molecular formula is C29H29NO. The van der Waals surface area contributed by atoms with Gasteiger partial charge < -0.3 is 9.32 Å². The average Bonchev–Trinajstić information content (AvgIpc) is 3.36.